The summed E-state index contributed by atoms with van der Waals surface area (Å²) in [5, 5.41) is 6.12. The Kier molecular flexibility index (Phi) is 2.55. The van der Waals surface area contributed by atoms with Crippen molar-refractivity contribution in [3.63, 3.8) is 0 Å². The summed E-state index contributed by atoms with van der Waals surface area (Å²) in [6.07, 6.45) is 6.35. The van der Waals surface area contributed by atoms with Crippen LogP contribution in [0.2, 0.25) is 0 Å². The summed E-state index contributed by atoms with van der Waals surface area (Å²) < 4.78 is 0. The van der Waals surface area contributed by atoms with Crippen LogP contribution >= 0.6 is 0 Å². The standard InChI is InChI=1S/C19H15N3O2/c23-10-11-4-12-5-13-7-19(8-14(13)6-16(12)21-9-11)15-2-1-3-20-17(15)22-18(19)24/h1-3,5-6,9-10,21H,4,7-8H2,(H,20,22,24)/t19-/m0/s1. The van der Waals surface area contributed by atoms with Gasteiger partial charge < -0.3 is 10.6 Å². The van der Waals surface area contributed by atoms with Crippen molar-refractivity contribution >= 4 is 23.7 Å². The van der Waals surface area contributed by atoms with Crippen LogP contribution in [0.5, 0.6) is 0 Å². The molecule has 0 fully saturated rings. The van der Waals surface area contributed by atoms with Crippen LogP contribution in [0.15, 0.2) is 42.2 Å². The topological polar surface area (TPSA) is 71.1 Å². The minimum atomic E-state index is -0.545. The number of rotatable bonds is 1. The summed E-state index contributed by atoms with van der Waals surface area (Å²) in [7, 11) is 0. The maximum atomic E-state index is 12.7. The van der Waals surface area contributed by atoms with Crippen molar-refractivity contribution in [1.82, 2.24) is 4.98 Å². The van der Waals surface area contributed by atoms with Gasteiger partial charge in [-0.15, -0.1) is 0 Å². The zero-order valence-electron chi connectivity index (χ0n) is 12.9. The first kappa shape index (κ1) is 13.5. The van der Waals surface area contributed by atoms with E-state index in [1.807, 2.05) is 12.1 Å². The maximum Gasteiger partial charge on any atom is 0.237 e. The predicted molar refractivity (Wildman–Crippen MR) is 89.9 cm³/mol. The highest BCUT2D eigenvalue weighted by Crippen LogP contribution is 2.47. The second kappa shape index (κ2) is 4.54. The molecule has 5 nitrogen and oxygen atoms in total. The van der Waals surface area contributed by atoms with Crippen molar-refractivity contribution in [2.24, 2.45) is 0 Å². The SMILES string of the molecule is O=CC1=CNc2cc3c(cc2C1)C[C@@]1(C3)C(=O)Nc2ncccc21. The number of aldehydes is 1. The Morgan fingerprint density at radius 3 is 2.83 bits per heavy atom. The molecule has 1 aromatic carbocycles. The lowest BCUT2D eigenvalue weighted by atomic mass is 9.79. The first-order valence-corrected chi connectivity index (χ1v) is 8.02. The Bertz CT molecular complexity index is 948. The number of aromatic nitrogens is 1. The Morgan fingerprint density at radius 2 is 2.00 bits per heavy atom. The van der Waals surface area contributed by atoms with Gasteiger partial charge in [0.25, 0.3) is 0 Å². The lowest BCUT2D eigenvalue weighted by molar-refractivity contribution is -0.120. The molecule has 3 aliphatic rings. The maximum absolute atomic E-state index is 12.7. The summed E-state index contributed by atoms with van der Waals surface area (Å²) in [6, 6.07) is 8.15. The molecule has 2 N–H and O–H groups in total. The molecule has 0 saturated heterocycles. The summed E-state index contributed by atoms with van der Waals surface area (Å²) in [4.78, 5) is 28.0. The van der Waals surface area contributed by atoms with Gasteiger partial charge in [-0.05, 0) is 41.7 Å². The zero-order valence-corrected chi connectivity index (χ0v) is 12.9. The second-order valence-electron chi connectivity index (χ2n) is 6.73. The van der Waals surface area contributed by atoms with E-state index in [1.54, 1.807) is 12.4 Å². The van der Waals surface area contributed by atoms with Gasteiger partial charge in [-0.25, -0.2) is 4.98 Å². The van der Waals surface area contributed by atoms with Crippen LogP contribution in [0.25, 0.3) is 0 Å². The van der Waals surface area contributed by atoms with E-state index in [-0.39, 0.29) is 5.91 Å². The van der Waals surface area contributed by atoms with Crippen LogP contribution in [0.3, 0.4) is 0 Å². The molecular formula is C19H15N3O2. The normalized spacial score (nSPS) is 23.0. The lowest BCUT2D eigenvalue weighted by Crippen LogP contribution is -2.35. The fourth-order valence-electron chi connectivity index (χ4n) is 4.17. The van der Waals surface area contributed by atoms with Gasteiger partial charge in [0.15, 0.2) is 0 Å². The van der Waals surface area contributed by atoms with E-state index in [9.17, 15) is 9.59 Å². The minimum absolute atomic E-state index is 0.0324. The summed E-state index contributed by atoms with van der Waals surface area (Å²) >= 11 is 0. The molecule has 2 aliphatic heterocycles. The van der Waals surface area contributed by atoms with E-state index in [0.717, 1.165) is 28.7 Å². The fraction of sp³-hybridized carbons (Fsp3) is 0.211. The summed E-state index contributed by atoms with van der Waals surface area (Å²) in [6.45, 7) is 0. The van der Waals surface area contributed by atoms with Gasteiger partial charge in [-0.2, -0.15) is 0 Å². The molecular weight excluding hydrogens is 302 g/mol. The molecule has 5 rings (SSSR count). The smallest absolute Gasteiger partial charge is 0.237 e. The number of hydrogen-bond donors (Lipinski definition) is 2. The molecule has 1 aromatic heterocycles. The number of carbonyl (C=O) groups is 2. The van der Waals surface area contributed by atoms with Crippen LogP contribution in [-0.2, 0) is 34.3 Å². The van der Waals surface area contributed by atoms with Gasteiger partial charge in [0.05, 0.1) is 5.41 Å². The molecule has 0 radical (unpaired) electrons. The van der Waals surface area contributed by atoms with Crippen molar-refractivity contribution in [3.05, 3.63) is 64.5 Å². The number of amides is 1. The quantitative estimate of drug-likeness (QED) is 0.790. The third-order valence-corrected chi connectivity index (χ3v) is 5.36. The molecule has 24 heavy (non-hydrogen) atoms. The van der Waals surface area contributed by atoms with Crippen molar-refractivity contribution in [2.45, 2.75) is 24.7 Å². The Hall–Kier alpha value is -2.95. The summed E-state index contributed by atoms with van der Waals surface area (Å²) in [5.74, 6) is 0.716. The van der Waals surface area contributed by atoms with Gasteiger partial charge >= 0.3 is 0 Å². The second-order valence-corrected chi connectivity index (χ2v) is 6.73. The number of benzene rings is 1. The molecule has 0 bridgehead atoms. The predicted octanol–water partition coefficient (Wildman–Crippen LogP) is 2.12. The van der Waals surface area contributed by atoms with Crippen molar-refractivity contribution in [1.29, 1.82) is 0 Å². The van der Waals surface area contributed by atoms with E-state index < -0.39 is 5.41 Å². The molecule has 0 unspecified atom stereocenters. The average Bonchev–Trinajstić information content (AvgIpc) is 3.10. The minimum Gasteiger partial charge on any atom is -0.361 e. The average molecular weight is 317 g/mol. The number of carbonyl (C=O) groups excluding carboxylic acids is 2. The number of fused-ring (bicyclic) bond motifs is 4. The van der Waals surface area contributed by atoms with E-state index in [1.165, 1.54) is 11.1 Å². The van der Waals surface area contributed by atoms with Crippen LogP contribution in [-0.4, -0.2) is 17.2 Å². The van der Waals surface area contributed by atoms with E-state index in [2.05, 4.69) is 27.8 Å². The number of pyridine rings is 1. The van der Waals surface area contributed by atoms with Crippen LogP contribution in [0.1, 0.15) is 22.3 Å². The van der Waals surface area contributed by atoms with E-state index >= 15 is 0 Å². The highest BCUT2D eigenvalue weighted by molar-refractivity contribution is 6.06. The Labute approximate surface area is 138 Å². The van der Waals surface area contributed by atoms with Gasteiger partial charge in [-0.1, -0.05) is 12.1 Å². The van der Waals surface area contributed by atoms with E-state index in [4.69, 9.17) is 0 Å². The van der Waals surface area contributed by atoms with Crippen molar-refractivity contribution < 1.29 is 9.59 Å². The Balaban J connectivity index is 1.59. The van der Waals surface area contributed by atoms with Gasteiger partial charge in [0, 0.05) is 35.6 Å². The van der Waals surface area contributed by atoms with Gasteiger partial charge in [0.2, 0.25) is 5.91 Å². The zero-order chi connectivity index (χ0) is 16.3. The molecule has 3 heterocycles. The first-order valence-electron chi connectivity index (χ1n) is 8.02. The highest BCUT2D eigenvalue weighted by Gasteiger charge is 2.51. The van der Waals surface area contributed by atoms with Crippen LogP contribution in [0.4, 0.5) is 11.5 Å². The number of anilines is 2. The largest absolute Gasteiger partial charge is 0.361 e. The Morgan fingerprint density at radius 1 is 1.17 bits per heavy atom. The van der Waals surface area contributed by atoms with E-state index in [0.29, 0.717) is 25.1 Å². The monoisotopic (exact) mass is 317 g/mol. The third-order valence-electron chi connectivity index (χ3n) is 5.36. The highest BCUT2D eigenvalue weighted by atomic mass is 16.2. The van der Waals surface area contributed by atoms with Crippen LogP contribution in [0, 0.1) is 0 Å². The number of hydrogen-bond acceptors (Lipinski definition) is 4. The van der Waals surface area contributed by atoms with Crippen molar-refractivity contribution in [3.8, 4) is 0 Å². The van der Waals surface area contributed by atoms with Crippen LogP contribution < -0.4 is 10.6 Å². The molecule has 118 valence electrons. The molecule has 1 aliphatic carbocycles. The molecule has 2 aromatic rings. The summed E-state index contributed by atoms with van der Waals surface area (Å²) in [5.41, 5.74) is 5.70. The number of nitrogens with zero attached hydrogens (tertiary/aromatic N) is 1. The number of allylic oxidation sites excluding steroid dienone is 1. The molecule has 1 atom stereocenters. The van der Waals surface area contributed by atoms with Crippen molar-refractivity contribution in [2.75, 3.05) is 10.6 Å². The van der Waals surface area contributed by atoms with Gasteiger partial charge in [0.1, 0.15) is 12.1 Å². The first-order chi connectivity index (χ1) is 11.7. The number of nitrogens with one attached hydrogen (secondary N) is 2. The fourth-order valence-corrected chi connectivity index (χ4v) is 4.17. The third kappa shape index (κ3) is 1.67. The van der Waals surface area contributed by atoms with Gasteiger partial charge in [-0.3, -0.25) is 9.59 Å². The molecule has 5 heteroatoms. The molecule has 1 spiro atoms. The molecule has 1 amide bonds. The lowest BCUT2D eigenvalue weighted by Gasteiger charge is -2.20. The molecule has 0 saturated carbocycles.